The number of amides is 2. The molecule has 0 unspecified atom stereocenters. The van der Waals surface area contributed by atoms with Gasteiger partial charge < -0.3 is 10.2 Å². The number of hydrogen-bond acceptors (Lipinski definition) is 4. The molecule has 1 saturated carbocycles. The minimum absolute atomic E-state index is 0.0703. The van der Waals surface area contributed by atoms with E-state index in [1.165, 1.54) is 4.90 Å². The van der Waals surface area contributed by atoms with Crippen molar-refractivity contribution in [3.05, 3.63) is 100 Å². The highest BCUT2D eigenvalue weighted by Crippen LogP contribution is 2.27. The SMILES string of the molecule is Cc1cccc(CN(C(=O)CN(c2ccc(Cl)cc2C)S(C)(=O)=O)[C@@H](Cc2ccccc2)C(=O)NC2CCCC2)c1. The summed E-state index contributed by atoms with van der Waals surface area (Å²) in [6.07, 6.45) is 5.32. The molecule has 3 aromatic carbocycles. The van der Waals surface area contributed by atoms with E-state index in [-0.39, 0.29) is 18.5 Å². The molecule has 1 aliphatic carbocycles. The van der Waals surface area contributed by atoms with Gasteiger partial charge in [-0.15, -0.1) is 0 Å². The fraction of sp³-hybridized carbons (Fsp3) is 0.375. The second-order valence-corrected chi connectivity index (χ2v) is 13.2. The lowest BCUT2D eigenvalue weighted by atomic mass is 10.0. The molecular formula is C32H38ClN3O4S. The van der Waals surface area contributed by atoms with Crippen molar-refractivity contribution in [2.24, 2.45) is 0 Å². The third-order valence-corrected chi connectivity index (χ3v) is 8.88. The number of hydrogen-bond donors (Lipinski definition) is 1. The third kappa shape index (κ3) is 8.33. The lowest BCUT2D eigenvalue weighted by Gasteiger charge is -2.34. The predicted molar refractivity (Wildman–Crippen MR) is 164 cm³/mol. The van der Waals surface area contributed by atoms with Gasteiger partial charge in [0, 0.05) is 24.0 Å². The van der Waals surface area contributed by atoms with Gasteiger partial charge in [0.2, 0.25) is 21.8 Å². The largest absolute Gasteiger partial charge is 0.352 e. The third-order valence-electron chi connectivity index (χ3n) is 7.51. The molecule has 1 atom stereocenters. The van der Waals surface area contributed by atoms with Crippen LogP contribution < -0.4 is 9.62 Å². The van der Waals surface area contributed by atoms with E-state index in [1.54, 1.807) is 25.1 Å². The molecule has 0 heterocycles. The molecule has 4 rings (SSSR count). The highest BCUT2D eigenvalue weighted by Gasteiger charge is 2.34. The van der Waals surface area contributed by atoms with Crippen LogP contribution in [0.5, 0.6) is 0 Å². The first-order chi connectivity index (χ1) is 19.5. The summed E-state index contributed by atoms with van der Waals surface area (Å²) in [5, 5.41) is 3.65. The van der Waals surface area contributed by atoms with Crippen molar-refractivity contribution in [3.8, 4) is 0 Å². The Labute approximate surface area is 248 Å². The van der Waals surface area contributed by atoms with Crippen LogP contribution in [0, 0.1) is 13.8 Å². The molecule has 0 aliphatic heterocycles. The molecule has 0 spiro atoms. The smallest absolute Gasteiger partial charge is 0.244 e. The Morgan fingerprint density at radius 3 is 2.27 bits per heavy atom. The predicted octanol–water partition coefficient (Wildman–Crippen LogP) is 5.42. The van der Waals surface area contributed by atoms with Crippen molar-refractivity contribution in [3.63, 3.8) is 0 Å². The van der Waals surface area contributed by atoms with Gasteiger partial charge in [-0.1, -0.05) is 84.6 Å². The molecule has 7 nitrogen and oxygen atoms in total. The maximum Gasteiger partial charge on any atom is 0.244 e. The molecule has 0 aromatic heterocycles. The van der Waals surface area contributed by atoms with E-state index in [4.69, 9.17) is 11.6 Å². The van der Waals surface area contributed by atoms with E-state index in [1.807, 2.05) is 61.5 Å². The molecule has 218 valence electrons. The first kappa shape index (κ1) is 30.6. The first-order valence-electron chi connectivity index (χ1n) is 13.9. The standard InChI is InChI=1S/C32H38ClN3O4S/c1-23-10-9-13-26(18-23)21-35(31(37)22-36(41(3,39)40)29-17-16-27(33)19-24(29)2)30(20-25-11-5-4-6-12-25)32(38)34-28-14-7-8-15-28/h4-6,9-13,16-19,28,30H,7-8,14-15,20-22H2,1-3H3,(H,34,38)/t30-/m0/s1. The van der Waals surface area contributed by atoms with Gasteiger partial charge in [0.1, 0.15) is 12.6 Å². The summed E-state index contributed by atoms with van der Waals surface area (Å²) in [6, 6.07) is 21.5. The van der Waals surface area contributed by atoms with Crippen LogP contribution in [0.1, 0.15) is 47.9 Å². The van der Waals surface area contributed by atoms with E-state index >= 15 is 0 Å². The van der Waals surface area contributed by atoms with Crippen LogP contribution in [0.2, 0.25) is 5.02 Å². The highest BCUT2D eigenvalue weighted by molar-refractivity contribution is 7.92. The molecule has 3 aromatic rings. The van der Waals surface area contributed by atoms with Gasteiger partial charge in [-0.05, 0) is 61.6 Å². The summed E-state index contributed by atoms with van der Waals surface area (Å²) in [5.74, 6) is -0.691. The Hall–Kier alpha value is -3.36. The van der Waals surface area contributed by atoms with E-state index < -0.39 is 28.5 Å². The molecule has 2 amide bonds. The quantitative estimate of drug-likeness (QED) is 0.321. The summed E-state index contributed by atoms with van der Waals surface area (Å²) in [4.78, 5) is 29.7. The Kier molecular flexibility index (Phi) is 10.1. The molecule has 41 heavy (non-hydrogen) atoms. The van der Waals surface area contributed by atoms with Gasteiger partial charge in [-0.25, -0.2) is 8.42 Å². The number of carbonyl (C=O) groups is 2. The van der Waals surface area contributed by atoms with Crippen molar-refractivity contribution in [2.45, 2.75) is 64.6 Å². The highest BCUT2D eigenvalue weighted by atomic mass is 35.5. The summed E-state index contributed by atoms with van der Waals surface area (Å²) in [7, 11) is -3.84. The number of carbonyl (C=O) groups excluding carboxylic acids is 2. The Morgan fingerprint density at radius 2 is 1.63 bits per heavy atom. The van der Waals surface area contributed by atoms with Crippen LogP contribution >= 0.6 is 11.6 Å². The van der Waals surface area contributed by atoms with Crippen molar-refractivity contribution >= 4 is 39.1 Å². The van der Waals surface area contributed by atoms with Gasteiger partial charge >= 0.3 is 0 Å². The van der Waals surface area contributed by atoms with Crippen LogP contribution in [-0.2, 0) is 32.6 Å². The summed E-state index contributed by atoms with van der Waals surface area (Å²) in [5.41, 5.74) is 3.80. The van der Waals surface area contributed by atoms with E-state index in [9.17, 15) is 18.0 Å². The molecule has 0 bridgehead atoms. The summed E-state index contributed by atoms with van der Waals surface area (Å²) in [6.45, 7) is 3.43. The van der Waals surface area contributed by atoms with Crippen LogP contribution in [-0.4, -0.2) is 50.0 Å². The monoisotopic (exact) mass is 595 g/mol. The van der Waals surface area contributed by atoms with E-state index in [0.717, 1.165) is 52.9 Å². The fourth-order valence-corrected chi connectivity index (χ4v) is 6.56. The van der Waals surface area contributed by atoms with Crippen molar-refractivity contribution < 1.29 is 18.0 Å². The number of aryl methyl sites for hydroxylation is 2. The van der Waals surface area contributed by atoms with Crippen molar-refractivity contribution in [2.75, 3.05) is 17.1 Å². The number of anilines is 1. The van der Waals surface area contributed by atoms with Crippen LogP contribution in [0.3, 0.4) is 0 Å². The molecular weight excluding hydrogens is 558 g/mol. The number of sulfonamides is 1. The normalized spacial score (nSPS) is 14.4. The van der Waals surface area contributed by atoms with Gasteiger partial charge in [0.25, 0.3) is 0 Å². The first-order valence-corrected chi connectivity index (χ1v) is 16.2. The minimum atomic E-state index is -3.84. The minimum Gasteiger partial charge on any atom is -0.352 e. The Morgan fingerprint density at radius 1 is 0.951 bits per heavy atom. The van der Waals surface area contributed by atoms with Crippen LogP contribution in [0.25, 0.3) is 0 Å². The molecule has 0 radical (unpaired) electrons. The average molecular weight is 596 g/mol. The zero-order valence-corrected chi connectivity index (χ0v) is 25.4. The second kappa shape index (κ2) is 13.5. The number of nitrogens with one attached hydrogen (secondary N) is 1. The van der Waals surface area contributed by atoms with Gasteiger partial charge in [-0.2, -0.15) is 0 Å². The second-order valence-electron chi connectivity index (χ2n) is 10.9. The summed E-state index contributed by atoms with van der Waals surface area (Å²) >= 11 is 6.13. The number of nitrogens with zero attached hydrogens (tertiary/aromatic N) is 2. The maximum absolute atomic E-state index is 14.2. The summed E-state index contributed by atoms with van der Waals surface area (Å²) < 4.78 is 27.1. The Balaban J connectivity index is 1.74. The molecule has 1 aliphatic rings. The topological polar surface area (TPSA) is 86.8 Å². The average Bonchev–Trinajstić information content (AvgIpc) is 3.42. The maximum atomic E-state index is 14.2. The molecule has 0 saturated heterocycles. The van der Waals surface area contributed by atoms with E-state index in [0.29, 0.717) is 22.7 Å². The number of halogens is 1. The number of benzene rings is 3. The zero-order valence-electron chi connectivity index (χ0n) is 23.8. The Bertz CT molecular complexity index is 1470. The van der Waals surface area contributed by atoms with Gasteiger partial charge in [-0.3, -0.25) is 13.9 Å². The van der Waals surface area contributed by atoms with Crippen LogP contribution in [0.4, 0.5) is 5.69 Å². The molecule has 1 N–H and O–H groups in total. The molecule has 9 heteroatoms. The van der Waals surface area contributed by atoms with Crippen molar-refractivity contribution in [1.82, 2.24) is 10.2 Å². The number of rotatable bonds is 11. The zero-order chi connectivity index (χ0) is 29.6. The lowest BCUT2D eigenvalue weighted by molar-refractivity contribution is -0.140. The van der Waals surface area contributed by atoms with Gasteiger partial charge in [0.15, 0.2) is 0 Å². The lowest BCUT2D eigenvalue weighted by Crippen LogP contribution is -2.54. The van der Waals surface area contributed by atoms with E-state index in [2.05, 4.69) is 5.32 Å². The van der Waals surface area contributed by atoms with Crippen molar-refractivity contribution in [1.29, 1.82) is 0 Å². The van der Waals surface area contributed by atoms with Gasteiger partial charge in [0.05, 0.1) is 11.9 Å². The molecule has 1 fully saturated rings. The fourth-order valence-electron chi connectivity index (χ4n) is 5.42. The van der Waals surface area contributed by atoms with Crippen LogP contribution in [0.15, 0.2) is 72.8 Å².